The second-order valence-electron chi connectivity index (χ2n) is 4.49. The number of carboxylic acids is 1. The van der Waals surface area contributed by atoms with E-state index in [1.165, 1.54) is 6.07 Å². The van der Waals surface area contributed by atoms with E-state index in [1.807, 2.05) is 0 Å². The highest BCUT2D eigenvalue weighted by Crippen LogP contribution is 2.31. The van der Waals surface area contributed by atoms with Gasteiger partial charge in [0, 0.05) is 11.6 Å². The van der Waals surface area contributed by atoms with E-state index < -0.39 is 11.6 Å². The average molecular weight is 247 g/mol. The molecule has 0 unspecified atom stereocenters. The van der Waals surface area contributed by atoms with Crippen molar-refractivity contribution < 1.29 is 19.5 Å². The first kappa shape index (κ1) is 12.3. The first-order valence-electron chi connectivity index (χ1n) is 5.42. The minimum atomic E-state index is -1.17. The predicted octanol–water partition coefficient (Wildman–Crippen LogP) is 2.27. The molecular weight excluding hydrogens is 234 g/mol. The normalized spacial score (nSPS) is 11.5. The maximum Gasteiger partial charge on any atom is 0.374 e. The van der Waals surface area contributed by atoms with Gasteiger partial charge in [-0.1, -0.05) is 29.4 Å². The Labute approximate surface area is 104 Å². The molecule has 0 fully saturated rings. The van der Waals surface area contributed by atoms with Crippen LogP contribution in [0.5, 0.6) is 0 Å². The topological polar surface area (TPSA) is 83.6 Å². The van der Waals surface area contributed by atoms with Gasteiger partial charge >= 0.3 is 5.97 Å². The Morgan fingerprint density at radius 2 is 2.00 bits per heavy atom. The Morgan fingerprint density at radius 1 is 1.33 bits per heavy atom. The van der Waals surface area contributed by atoms with E-state index in [-0.39, 0.29) is 5.76 Å². The lowest BCUT2D eigenvalue weighted by Crippen LogP contribution is -2.16. The van der Waals surface area contributed by atoms with Crippen molar-refractivity contribution in [2.24, 2.45) is 0 Å². The molecule has 2 N–H and O–H groups in total. The van der Waals surface area contributed by atoms with Crippen molar-refractivity contribution in [2.75, 3.05) is 0 Å². The van der Waals surface area contributed by atoms with Gasteiger partial charge in [-0.2, -0.15) is 0 Å². The summed E-state index contributed by atoms with van der Waals surface area (Å²) in [4.78, 5) is 10.7. The number of nitrogens with zero attached hydrogens (tertiary/aromatic N) is 1. The van der Waals surface area contributed by atoms with Crippen molar-refractivity contribution in [2.45, 2.75) is 19.4 Å². The summed E-state index contributed by atoms with van der Waals surface area (Å²) >= 11 is 0. The van der Waals surface area contributed by atoms with Crippen LogP contribution in [0.15, 0.2) is 34.9 Å². The van der Waals surface area contributed by atoms with Crippen LogP contribution in [0.1, 0.15) is 30.0 Å². The van der Waals surface area contributed by atoms with Gasteiger partial charge in [0.25, 0.3) is 0 Å². The van der Waals surface area contributed by atoms with Crippen LogP contribution in [-0.2, 0) is 5.60 Å². The van der Waals surface area contributed by atoms with Crippen LogP contribution in [-0.4, -0.2) is 21.3 Å². The van der Waals surface area contributed by atoms with Crippen LogP contribution in [0.25, 0.3) is 11.3 Å². The number of carboxylic acid groups (broad SMARTS) is 1. The molecule has 18 heavy (non-hydrogen) atoms. The van der Waals surface area contributed by atoms with Gasteiger partial charge in [0.2, 0.25) is 5.76 Å². The number of aromatic nitrogens is 1. The molecule has 0 radical (unpaired) electrons. The van der Waals surface area contributed by atoms with Crippen molar-refractivity contribution in [3.8, 4) is 11.3 Å². The molecule has 1 aromatic carbocycles. The van der Waals surface area contributed by atoms with Crippen LogP contribution in [0, 0.1) is 0 Å². The summed E-state index contributed by atoms with van der Waals surface area (Å²) in [6.45, 7) is 3.31. The van der Waals surface area contributed by atoms with Gasteiger partial charge in [-0.3, -0.25) is 0 Å². The zero-order valence-electron chi connectivity index (χ0n) is 10.0. The maximum absolute atomic E-state index is 10.7. The fraction of sp³-hybridized carbons (Fsp3) is 0.231. The second kappa shape index (κ2) is 4.27. The molecule has 5 heteroatoms. The molecule has 94 valence electrons. The van der Waals surface area contributed by atoms with Gasteiger partial charge in [-0.05, 0) is 19.4 Å². The third kappa shape index (κ3) is 2.26. The van der Waals surface area contributed by atoms with Crippen molar-refractivity contribution >= 4 is 5.97 Å². The summed E-state index contributed by atoms with van der Waals surface area (Å²) in [6.07, 6.45) is 0. The largest absolute Gasteiger partial charge is 0.475 e. The van der Waals surface area contributed by atoms with Crippen molar-refractivity contribution in [1.29, 1.82) is 0 Å². The predicted molar refractivity (Wildman–Crippen MR) is 64.1 cm³/mol. The van der Waals surface area contributed by atoms with E-state index in [1.54, 1.807) is 38.1 Å². The highest BCUT2D eigenvalue weighted by Gasteiger charge is 2.22. The minimum Gasteiger partial charge on any atom is -0.475 e. The maximum atomic E-state index is 10.7. The summed E-state index contributed by atoms with van der Waals surface area (Å²) in [5, 5.41) is 22.6. The van der Waals surface area contributed by atoms with Gasteiger partial charge in [-0.25, -0.2) is 4.79 Å². The fourth-order valence-electron chi connectivity index (χ4n) is 1.74. The molecule has 0 saturated heterocycles. The smallest absolute Gasteiger partial charge is 0.374 e. The molecule has 0 aliphatic carbocycles. The first-order valence-corrected chi connectivity index (χ1v) is 5.42. The molecule has 0 atom stereocenters. The number of hydrogen-bond acceptors (Lipinski definition) is 4. The van der Waals surface area contributed by atoms with Gasteiger partial charge < -0.3 is 14.7 Å². The van der Waals surface area contributed by atoms with E-state index >= 15 is 0 Å². The molecule has 2 aromatic rings. The minimum absolute atomic E-state index is 0.226. The number of aromatic carboxylic acids is 1. The lowest BCUT2D eigenvalue weighted by atomic mass is 9.92. The van der Waals surface area contributed by atoms with Crippen LogP contribution in [0.2, 0.25) is 0 Å². The summed E-state index contributed by atoms with van der Waals surface area (Å²) in [5.41, 5.74) is 0.667. The Hall–Kier alpha value is -2.14. The number of benzene rings is 1. The van der Waals surface area contributed by atoms with Crippen molar-refractivity contribution in [3.05, 3.63) is 41.7 Å². The SMILES string of the molecule is CC(C)(O)c1ccccc1-c1cc(C(=O)O)on1. The van der Waals surface area contributed by atoms with Crippen LogP contribution < -0.4 is 0 Å². The fourth-order valence-corrected chi connectivity index (χ4v) is 1.74. The summed E-state index contributed by atoms with van der Waals surface area (Å²) < 4.78 is 4.72. The zero-order chi connectivity index (χ0) is 13.3. The molecule has 0 aliphatic heterocycles. The Kier molecular flexibility index (Phi) is 2.92. The molecule has 2 rings (SSSR count). The Morgan fingerprint density at radius 3 is 2.56 bits per heavy atom. The van der Waals surface area contributed by atoms with Gasteiger partial charge in [0.15, 0.2) is 0 Å². The lowest BCUT2D eigenvalue weighted by molar-refractivity contribution is 0.0651. The monoisotopic (exact) mass is 247 g/mol. The van der Waals surface area contributed by atoms with Crippen LogP contribution >= 0.6 is 0 Å². The molecular formula is C13H13NO4. The number of aliphatic hydroxyl groups is 1. The van der Waals surface area contributed by atoms with E-state index in [0.717, 1.165) is 0 Å². The molecule has 1 aromatic heterocycles. The standard InChI is InChI=1S/C13H13NO4/c1-13(2,17)9-6-4-3-5-8(9)10-7-11(12(15)16)18-14-10/h3-7,17H,1-2H3,(H,15,16). The van der Waals surface area contributed by atoms with Gasteiger partial charge in [0.1, 0.15) is 5.69 Å². The number of carbonyl (C=O) groups is 1. The van der Waals surface area contributed by atoms with E-state index in [9.17, 15) is 9.90 Å². The van der Waals surface area contributed by atoms with Crippen LogP contribution in [0.3, 0.4) is 0 Å². The molecule has 0 spiro atoms. The molecule has 0 saturated carbocycles. The zero-order valence-corrected chi connectivity index (χ0v) is 10.0. The first-order chi connectivity index (χ1) is 8.39. The van der Waals surface area contributed by atoms with E-state index in [2.05, 4.69) is 5.16 Å². The Balaban J connectivity index is 2.53. The highest BCUT2D eigenvalue weighted by molar-refractivity contribution is 5.85. The highest BCUT2D eigenvalue weighted by atomic mass is 16.5. The van der Waals surface area contributed by atoms with Gasteiger partial charge in [0.05, 0.1) is 5.60 Å². The third-order valence-electron chi connectivity index (χ3n) is 2.58. The molecule has 1 heterocycles. The summed E-state index contributed by atoms with van der Waals surface area (Å²) in [7, 11) is 0. The number of rotatable bonds is 3. The molecule has 5 nitrogen and oxygen atoms in total. The lowest BCUT2D eigenvalue weighted by Gasteiger charge is -2.20. The summed E-state index contributed by atoms with van der Waals surface area (Å²) in [5.74, 6) is -1.40. The Bertz CT molecular complexity index is 581. The van der Waals surface area contributed by atoms with E-state index in [4.69, 9.17) is 9.63 Å². The summed E-state index contributed by atoms with van der Waals surface area (Å²) in [6, 6.07) is 8.46. The second-order valence-corrected chi connectivity index (χ2v) is 4.49. The van der Waals surface area contributed by atoms with Crippen molar-refractivity contribution in [1.82, 2.24) is 5.16 Å². The third-order valence-corrected chi connectivity index (χ3v) is 2.58. The average Bonchev–Trinajstić information content (AvgIpc) is 2.77. The molecule has 0 amide bonds. The molecule has 0 bridgehead atoms. The van der Waals surface area contributed by atoms with Crippen molar-refractivity contribution in [3.63, 3.8) is 0 Å². The van der Waals surface area contributed by atoms with Gasteiger partial charge in [-0.15, -0.1) is 0 Å². The number of hydrogen-bond donors (Lipinski definition) is 2. The van der Waals surface area contributed by atoms with Crippen LogP contribution in [0.4, 0.5) is 0 Å². The quantitative estimate of drug-likeness (QED) is 0.869. The van der Waals surface area contributed by atoms with E-state index in [0.29, 0.717) is 16.8 Å². The molecule has 0 aliphatic rings.